The molecular formula is C41H25N3. The van der Waals surface area contributed by atoms with E-state index >= 15 is 0 Å². The first-order chi connectivity index (χ1) is 21.8. The summed E-state index contributed by atoms with van der Waals surface area (Å²) in [6.07, 6.45) is 9.42. The molecule has 0 aliphatic carbocycles. The Labute approximate surface area is 254 Å². The van der Waals surface area contributed by atoms with Gasteiger partial charge in [0.25, 0.3) is 0 Å². The molecule has 0 amide bonds. The normalized spacial score (nSPS) is 11.6. The van der Waals surface area contributed by atoms with Crippen LogP contribution in [0.15, 0.2) is 152 Å². The topological polar surface area (TPSA) is 38.7 Å². The van der Waals surface area contributed by atoms with E-state index in [1.54, 1.807) is 0 Å². The van der Waals surface area contributed by atoms with E-state index in [1.807, 2.05) is 37.1 Å². The number of hydrogen-bond donors (Lipinski definition) is 0. The molecule has 0 aliphatic rings. The third-order valence-corrected chi connectivity index (χ3v) is 8.84. The molecule has 0 atom stereocenters. The van der Waals surface area contributed by atoms with E-state index in [1.165, 1.54) is 49.0 Å². The van der Waals surface area contributed by atoms with E-state index in [9.17, 15) is 0 Å². The van der Waals surface area contributed by atoms with Crippen LogP contribution in [0.1, 0.15) is 0 Å². The monoisotopic (exact) mass is 559 g/mol. The highest BCUT2D eigenvalue weighted by molar-refractivity contribution is 6.27. The quantitative estimate of drug-likeness (QED) is 0.201. The maximum absolute atomic E-state index is 4.78. The van der Waals surface area contributed by atoms with Gasteiger partial charge >= 0.3 is 0 Å². The molecule has 204 valence electrons. The van der Waals surface area contributed by atoms with Gasteiger partial charge in [0.15, 0.2) is 0 Å². The number of nitrogens with zero attached hydrogens (tertiary/aromatic N) is 3. The van der Waals surface area contributed by atoms with E-state index in [0.717, 1.165) is 38.7 Å². The lowest BCUT2D eigenvalue weighted by Gasteiger charge is -2.17. The lowest BCUT2D eigenvalue weighted by atomic mass is 9.86. The molecule has 9 aromatic rings. The summed E-state index contributed by atoms with van der Waals surface area (Å²) in [5.41, 5.74) is 10.4. The summed E-state index contributed by atoms with van der Waals surface area (Å²) in [6, 6.07) is 43.9. The van der Waals surface area contributed by atoms with Crippen molar-refractivity contribution in [3.8, 4) is 44.5 Å². The number of hydrogen-bond acceptors (Lipinski definition) is 3. The predicted octanol–water partition coefficient (Wildman–Crippen LogP) is 10.6. The maximum atomic E-state index is 4.78. The zero-order valence-corrected chi connectivity index (χ0v) is 23.8. The van der Waals surface area contributed by atoms with Crippen LogP contribution in [0.25, 0.3) is 87.7 Å². The number of benzene rings is 6. The number of para-hydroxylation sites is 1. The Bertz CT molecular complexity index is 2430. The van der Waals surface area contributed by atoms with Crippen LogP contribution in [0.5, 0.6) is 0 Å². The molecule has 3 heteroatoms. The van der Waals surface area contributed by atoms with Crippen LogP contribution in [0.4, 0.5) is 0 Å². The second-order valence-corrected chi connectivity index (χ2v) is 11.3. The van der Waals surface area contributed by atoms with Crippen LogP contribution in [0.3, 0.4) is 0 Å². The Morgan fingerprint density at radius 2 is 0.886 bits per heavy atom. The maximum Gasteiger partial charge on any atom is 0.0702 e. The third-order valence-electron chi connectivity index (χ3n) is 8.84. The molecule has 0 unspecified atom stereocenters. The zero-order chi connectivity index (χ0) is 29.0. The Balaban J connectivity index is 1.30. The van der Waals surface area contributed by atoms with E-state index in [-0.39, 0.29) is 0 Å². The molecule has 0 radical (unpaired) electrons. The summed E-state index contributed by atoms with van der Waals surface area (Å²) < 4.78 is 0. The Morgan fingerprint density at radius 3 is 1.50 bits per heavy atom. The van der Waals surface area contributed by atoms with E-state index in [0.29, 0.717) is 0 Å². The highest BCUT2D eigenvalue weighted by Gasteiger charge is 2.16. The van der Waals surface area contributed by atoms with Gasteiger partial charge in [-0.05, 0) is 126 Å². The van der Waals surface area contributed by atoms with Gasteiger partial charge in [0.2, 0.25) is 0 Å². The summed E-state index contributed by atoms with van der Waals surface area (Å²) in [5, 5.41) is 8.74. The fourth-order valence-electron chi connectivity index (χ4n) is 6.73. The molecule has 0 saturated heterocycles. The van der Waals surface area contributed by atoms with Crippen LogP contribution in [0, 0.1) is 0 Å². The van der Waals surface area contributed by atoms with Gasteiger partial charge in [-0.1, -0.05) is 66.7 Å². The van der Waals surface area contributed by atoms with Gasteiger partial charge in [0, 0.05) is 41.9 Å². The first-order valence-corrected chi connectivity index (χ1v) is 14.8. The summed E-state index contributed by atoms with van der Waals surface area (Å²) >= 11 is 0. The smallest absolute Gasteiger partial charge is 0.0702 e. The summed E-state index contributed by atoms with van der Waals surface area (Å²) in [5.74, 6) is 0. The van der Waals surface area contributed by atoms with E-state index in [2.05, 4.69) is 125 Å². The molecule has 0 bridgehead atoms. The van der Waals surface area contributed by atoms with Crippen molar-refractivity contribution in [2.45, 2.75) is 0 Å². The first kappa shape index (κ1) is 24.6. The van der Waals surface area contributed by atoms with Gasteiger partial charge in [-0.15, -0.1) is 0 Å². The predicted molar refractivity (Wildman–Crippen MR) is 183 cm³/mol. The van der Waals surface area contributed by atoms with Crippen LogP contribution in [0.2, 0.25) is 0 Å². The molecule has 0 saturated carbocycles. The highest BCUT2D eigenvalue weighted by atomic mass is 14.6. The molecule has 3 heterocycles. The molecule has 0 spiro atoms. The van der Waals surface area contributed by atoms with Crippen molar-refractivity contribution in [1.82, 2.24) is 15.0 Å². The van der Waals surface area contributed by atoms with Crippen molar-refractivity contribution in [2.75, 3.05) is 0 Å². The van der Waals surface area contributed by atoms with Crippen molar-refractivity contribution >= 4 is 43.2 Å². The number of pyridine rings is 3. The highest BCUT2D eigenvalue weighted by Crippen LogP contribution is 2.43. The minimum atomic E-state index is 1.01. The molecule has 9 rings (SSSR count). The summed E-state index contributed by atoms with van der Waals surface area (Å²) in [7, 11) is 0. The molecule has 3 nitrogen and oxygen atoms in total. The van der Waals surface area contributed by atoms with Crippen molar-refractivity contribution in [3.63, 3.8) is 0 Å². The number of aromatic nitrogens is 3. The number of rotatable bonds is 4. The van der Waals surface area contributed by atoms with Gasteiger partial charge in [-0.25, -0.2) is 0 Å². The van der Waals surface area contributed by atoms with Crippen molar-refractivity contribution in [1.29, 1.82) is 0 Å². The first-order valence-electron chi connectivity index (χ1n) is 14.8. The minimum Gasteiger partial charge on any atom is -0.265 e. The Kier molecular flexibility index (Phi) is 5.50. The molecule has 6 aromatic carbocycles. The second-order valence-electron chi connectivity index (χ2n) is 11.3. The minimum absolute atomic E-state index is 1.01. The van der Waals surface area contributed by atoms with Crippen LogP contribution >= 0.6 is 0 Å². The molecule has 0 N–H and O–H groups in total. The van der Waals surface area contributed by atoms with Crippen molar-refractivity contribution in [3.05, 3.63) is 152 Å². The molecule has 44 heavy (non-hydrogen) atoms. The van der Waals surface area contributed by atoms with E-state index < -0.39 is 0 Å². The van der Waals surface area contributed by atoms with Crippen LogP contribution in [-0.2, 0) is 0 Å². The average Bonchev–Trinajstić information content (AvgIpc) is 3.10. The average molecular weight is 560 g/mol. The lowest BCUT2D eigenvalue weighted by Crippen LogP contribution is -1.91. The SMILES string of the molecule is c1ccc2ncc(-c3ccc4ccc5c(-c6cc(-c7ccncc7)cc(-c7ccncc7)c6)ccc6ccc3c4c65)cc2c1. The van der Waals surface area contributed by atoms with Crippen molar-refractivity contribution < 1.29 is 0 Å². The fourth-order valence-corrected chi connectivity index (χ4v) is 6.73. The molecule has 0 aliphatic heterocycles. The zero-order valence-electron chi connectivity index (χ0n) is 23.8. The lowest BCUT2D eigenvalue weighted by molar-refractivity contribution is 1.33. The van der Waals surface area contributed by atoms with Gasteiger partial charge in [0.05, 0.1) is 5.52 Å². The third kappa shape index (κ3) is 3.94. The number of fused-ring (bicyclic) bond motifs is 1. The van der Waals surface area contributed by atoms with Crippen LogP contribution in [-0.4, -0.2) is 15.0 Å². The van der Waals surface area contributed by atoms with E-state index in [4.69, 9.17) is 4.98 Å². The Morgan fingerprint density at radius 1 is 0.364 bits per heavy atom. The molecular weight excluding hydrogens is 534 g/mol. The largest absolute Gasteiger partial charge is 0.265 e. The molecule has 3 aromatic heterocycles. The summed E-state index contributed by atoms with van der Waals surface area (Å²) in [4.78, 5) is 13.3. The summed E-state index contributed by atoms with van der Waals surface area (Å²) in [6.45, 7) is 0. The van der Waals surface area contributed by atoms with Gasteiger partial charge < -0.3 is 0 Å². The Hall–Kier alpha value is -5.93. The van der Waals surface area contributed by atoms with Gasteiger partial charge in [-0.3, -0.25) is 15.0 Å². The second kappa shape index (κ2) is 9.82. The van der Waals surface area contributed by atoms with Gasteiger partial charge in [-0.2, -0.15) is 0 Å². The fraction of sp³-hybridized carbons (Fsp3) is 0. The molecule has 0 fully saturated rings. The standard InChI is InChI=1S/C41H25N3/c1-2-4-39-30(3-1)21-34(25-44-39)36-10-6-29-7-11-37-35(9-5-28-8-12-38(36)41(29)40(28)37)33-23-31(26-13-17-42-18-14-26)22-32(24-33)27-15-19-43-20-16-27/h1-25H. The van der Waals surface area contributed by atoms with Crippen molar-refractivity contribution in [2.24, 2.45) is 0 Å². The van der Waals surface area contributed by atoms with Crippen LogP contribution < -0.4 is 0 Å². The van der Waals surface area contributed by atoms with Gasteiger partial charge in [0.1, 0.15) is 0 Å².